The smallest absolute Gasteiger partial charge is 0.263 e. The van der Waals surface area contributed by atoms with Crippen molar-refractivity contribution in [3.63, 3.8) is 0 Å². The highest BCUT2D eigenvalue weighted by Gasteiger charge is 2.20. The first-order chi connectivity index (χ1) is 8.99. The van der Waals surface area contributed by atoms with Crippen LogP contribution in [0.25, 0.3) is 0 Å². The second-order valence-corrected chi connectivity index (χ2v) is 4.79. The highest BCUT2D eigenvalue weighted by molar-refractivity contribution is 7.13. The van der Waals surface area contributed by atoms with E-state index < -0.39 is 13.0 Å². The highest BCUT2D eigenvalue weighted by Crippen LogP contribution is 2.19. The van der Waals surface area contributed by atoms with E-state index in [4.69, 9.17) is 0 Å². The third-order valence-corrected chi connectivity index (χ3v) is 3.36. The Labute approximate surface area is 112 Å². The first-order valence-corrected chi connectivity index (χ1v) is 6.36. The average molecular weight is 286 g/mol. The molecule has 0 bridgehead atoms. The third kappa shape index (κ3) is 2.95. The molecule has 2 aromatic rings. The van der Waals surface area contributed by atoms with Gasteiger partial charge in [-0.05, 0) is 6.92 Å². The fourth-order valence-electron chi connectivity index (χ4n) is 1.61. The number of alkyl halides is 2. The van der Waals surface area contributed by atoms with Gasteiger partial charge < -0.3 is 0 Å². The lowest BCUT2D eigenvalue weighted by atomic mass is 10.2. The first-order valence-electron chi connectivity index (χ1n) is 5.48. The molecule has 0 saturated heterocycles. The molecule has 19 heavy (non-hydrogen) atoms. The molecule has 2 rings (SSSR count). The SMILES string of the molecule is Cc1nn(CC(F)F)cc1C(=O)N(C)c1nccs1. The molecule has 0 aliphatic rings. The second kappa shape index (κ2) is 5.43. The lowest BCUT2D eigenvalue weighted by Crippen LogP contribution is -2.26. The van der Waals surface area contributed by atoms with Crippen LogP contribution in [0.1, 0.15) is 16.1 Å². The number of nitrogens with zero attached hydrogens (tertiary/aromatic N) is 4. The molecule has 0 spiro atoms. The number of thiazole rings is 1. The maximum atomic E-state index is 12.3. The number of hydrogen-bond donors (Lipinski definition) is 0. The molecule has 8 heteroatoms. The summed E-state index contributed by atoms with van der Waals surface area (Å²) in [7, 11) is 1.59. The summed E-state index contributed by atoms with van der Waals surface area (Å²) >= 11 is 1.32. The van der Waals surface area contributed by atoms with Crippen LogP contribution in [-0.4, -0.2) is 34.1 Å². The summed E-state index contributed by atoms with van der Waals surface area (Å²) in [5.74, 6) is -0.312. The number of hydrogen-bond acceptors (Lipinski definition) is 4. The number of aryl methyl sites for hydroxylation is 1. The van der Waals surface area contributed by atoms with Crippen LogP contribution >= 0.6 is 11.3 Å². The van der Waals surface area contributed by atoms with E-state index in [1.54, 1.807) is 25.5 Å². The van der Waals surface area contributed by atoms with Crippen LogP contribution in [0.5, 0.6) is 0 Å². The molecule has 0 saturated carbocycles. The number of anilines is 1. The van der Waals surface area contributed by atoms with E-state index in [1.807, 2.05) is 0 Å². The van der Waals surface area contributed by atoms with Crippen molar-refractivity contribution in [2.75, 3.05) is 11.9 Å². The van der Waals surface area contributed by atoms with Gasteiger partial charge in [0.25, 0.3) is 12.3 Å². The fraction of sp³-hybridized carbons (Fsp3) is 0.364. The molecule has 102 valence electrons. The molecule has 0 aromatic carbocycles. The Morgan fingerprint density at radius 1 is 1.58 bits per heavy atom. The Balaban J connectivity index is 2.21. The summed E-state index contributed by atoms with van der Waals surface area (Å²) in [6.45, 7) is 1.10. The second-order valence-electron chi connectivity index (χ2n) is 3.92. The molecule has 0 aliphatic carbocycles. The monoisotopic (exact) mass is 286 g/mol. The van der Waals surface area contributed by atoms with Crippen molar-refractivity contribution in [3.05, 3.63) is 29.0 Å². The number of carbonyl (C=O) groups excluding carboxylic acids is 1. The number of rotatable bonds is 4. The molecule has 0 aliphatic heterocycles. The van der Waals surface area contributed by atoms with Gasteiger partial charge in [-0.2, -0.15) is 5.10 Å². The number of aromatic nitrogens is 3. The lowest BCUT2D eigenvalue weighted by Gasteiger charge is -2.12. The lowest BCUT2D eigenvalue weighted by molar-refractivity contribution is 0.0990. The topological polar surface area (TPSA) is 51.0 Å². The predicted octanol–water partition coefficient (Wildman–Crippen LogP) is 2.19. The van der Waals surface area contributed by atoms with E-state index in [2.05, 4.69) is 10.1 Å². The Bertz CT molecular complexity index is 567. The first kappa shape index (κ1) is 13.6. The maximum Gasteiger partial charge on any atom is 0.263 e. The number of carbonyl (C=O) groups is 1. The van der Waals surface area contributed by atoms with Gasteiger partial charge in [0, 0.05) is 24.8 Å². The largest absolute Gasteiger partial charge is 0.287 e. The van der Waals surface area contributed by atoms with Crippen molar-refractivity contribution in [1.29, 1.82) is 0 Å². The Morgan fingerprint density at radius 2 is 2.32 bits per heavy atom. The molecule has 0 N–H and O–H groups in total. The van der Waals surface area contributed by atoms with Crippen molar-refractivity contribution < 1.29 is 13.6 Å². The van der Waals surface area contributed by atoms with Gasteiger partial charge in [0.2, 0.25) is 0 Å². The zero-order valence-corrected chi connectivity index (χ0v) is 11.2. The number of halogens is 2. The van der Waals surface area contributed by atoms with Crippen LogP contribution in [0.3, 0.4) is 0 Å². The van der Waals surface area contributed by atoms with Crippen molar-refractivity contribution in [3.8, 4) is 0 Å². The summed E-state index contributed by atoms with van der Waals surface area (Å²) < 4.78 is 25.6. The molecular weight excluding hydrogens is 274 g/mol. The van der Waals surface area contributed by atoms with E-state index in [-0.39, 0.29) is 5.91 Å². The Hall–Kier alpha value is -1.83. The predicted molar refractivity (Wildman–Crippen MR) is 67.8 cm³/mol. The van der Waals surface area contributed by atoms with Crippen LogP contribution in [0, 0.1) is 6.92 Å². The van der Waals surface area contributed by atoms with Crippen LogP contribution in [0.4, 0.5) is 13.9 Å². The van der Waals surface area contributed by atoms with Crippen molar-refractivity contribution >= 4 is 22.4 Å². The van der Waals surface area contributed by atoms with Gasteiger partial charge in [-0.25, -0.2) is 13.8 Å². The van der Waals surface area contributed by atoms with E-state index >= 15 is 0 Å². The summed E-state index contributed by atoms with van der Waals surface area (Å²) in [6, 6.07) is 0. The molecular formula is C11H12F2N4OS. The average Bonchev–Trinajstić information content (AvgIpc) is 2.96. The molecule has 2 heterocycles. The summed E-state index contributed by atoms with van der Waals surface area (Å²) in [5.41, 5.74) is 0.729. The fourth-order valence-corrected chi connectivity index (χ4v) is 2.22. The van der Waals surface area contributed by atoms with Crippen LogP contribution < -0.4 is 4.90 Å². The molecule has 0 atom stereocenters. The summed E-state index contributed by atoms with van der Waals surface area (Å²) in [4.78, 5) is 17.6. The van der Waals surface area contributed by atoms with E-state index in [1.165, 1.54) is 22.4 Å². The quantitative estimate of drug-likeness (QED) is 0.865. The van der Waals surface area contributed by atoms with E-state index in [0.717, 1.165) is 4.68 Å². The summed E-state index contributed by atoms with van der Waals surface area (Å²) in [5, 5.41) is 6.21. The third-order valence-electron chi connectivity index (χ3n) is 2.51. The molecule has 0 fully saturated rings. The molecule has 2 aromatic heterocycles. The van der Waals surface area contributed by atoms with Crippen molar-refractivity contribution in [2.24, 2.45) is 0 Å². The van der Waals surface area contributed by atoms with E-state index in [0.29, 0.717) is 16.4 Å². The van der Waals surface area contributed by atoms with Gasteiger partial charge in [-0.15, -0.1) is 11.3 Å². The molecule has 5 nitrogen and oxygen atoms in total. The standard InChI is InChI=1S/C11H12F2N4OS/c1-7-8(5-17(15-7)6-9(12)13)10(18)16(2)11-14-3-4-19-11/h3-5,9H,6H2,1-2H3. The minimum Gasteiger partial charge on any atom is -0.287 e. The normalized spacial score (nSPS) is 11.0. The van der Waals surface area contributed by atoms with Crippen molar-refractivity contribution in [2.45, 2.75) is 19.9 Å². The van der Waals surface area contributed by atoms with Gasteiger partial charge in [0.05, 0.1) is 11.3 Å². The molecule has 0 unspecified atom stereocenters. The maximum absolute atomic E-state index is 12.3. The minimum absolute atomic E-state index is 0.304. The van der Waals surface area contributed by atoms with Crippen molar-refractivity contribution in [1.82, 2.24) is 14.8 Å². The minimum atomic E-state index is -2.50. The molecule has 0 radical (unpaired) electrons. The van der Waals surface area contributed by atoms with Crippen LogP contribution in [0.2, 0.25) is 0 Å². The Morgan fingerprint density at radius 3 is 2.89 bits per heavy atom. The zero-order valence-electron chi connectivity index (χ0n) is 10.4. The highest BCUT2D eigenvalue weighted by atomic mass is 32.1. The van der Waals surface area contributed by atoms with Gasteiger partial charge in [-0.1, -0.05) is 0 Å². The zero-order chi connectivity index (χ0) is 14.0. The van der Waals surface area contributed by atoms with Crippen LogP contribution in [0.15, 0.2) is 17.8 Å². The van der Waals surface area contributed by atoms with Gasteiger partial charge in [0.1, 0.15) is 6.54 Å². The Kier molecular flexibility index (Phi) is 3.89. The van der Waals surface area contributed by atoms with Gasteiger partial charge in [0.15, 0.2) is 5.13 Å². The van der Waals surface area contributed by atoms with Gasteiger partial charge >= 0.3 is 0 Å². The summed E-state index contributed by atoms with van der Waals surface area (Å²) in [6.07, 6.45) is 0.434. The molecule has 1 amide bonds. The van der Waals surface area contributed by atoms with Crippen LogP contribution in [-0.2, 0) is 6.54 Å². The van der Waals surface area contributed by atoms with Gasteiger partial charge in [-0.3, -0.25) is 14.4 Å². The number of amides is 1. The van der Waals surface area contributed by atoms with E-state index in [9.17, 15) is 13.6 Å².